The molecule has 0 bridgehead atoms. The highest BCUT2D eigenvalue weighted by molar-refractivity contribution is 9.09. The normalized spacial score (nSPS) is 18.8. The molecule has 1 N–H and O–H groups in total. The van der Waals surface area contributed by atoms with Crippen LogP contribution < -0.4 is 33.7 Å². The molecule has 2 aliphatic heterocycles. The maximum absolute atomic E-state index is 13.4. The van der Waals surface area contributed by atoms with Gasteiger partial charge in [0.05, 0.1) is 42.0 Å². The Morgan fingerprint density at radius 3 is 1.24 bits per heavy atom. The number of rotatable bonds is 17. The van der Waals surface area contributed by atoms with Crippen LogP contribution in [0.2, 0.25) is 0 Å². The van der Waals surface area contributed by atoms with E-state index in [-0.39, 0.29) is 52.4 Å². The van der Waals surface area contributed by atoms with Crippen molar-refractivity contribution >= 4 is 27.5 Å². The summed E-state index contributed by atoms with van der Waals surface area (Å²) in [6.45, 7) is 5.95. The predicted octanol–water partition coefficient (Wildman–Crippen LogP) is 13.7. The van der Waals surface area contributed by atoms with Crippen LogP contribution in [0.5, 0.6) is 34.5 Å². The van der Waals surface area contributed by atoms with Crippen LogP contribution in [0.15, 0.2) is 97.1 Å². The Bertz CT molecular complexity index is 2510. The molecule has 78 heavy (non-hydrogen) atoms. The van der Waals surface area contributed by atoms with E-state index < -0.39 is 36.3 Å². The van der Waals surface area contributed by atoms with Crippen molar-refractivity contribution < 1.29 is 90.7 Å². The number of nitriles is 1. The molecule has 2 unspecified atom stereocenters. The molecule has 8 rings (SSSR count). The van der Waals surface area contributed by atoms with Crippen molar-refractivity contribution in [1.82, 2.24) is 10.2 Å². The number of benzene rings is 4. The van der Waals surface area contributed by atoms with E-state index in [0.29, 0.717) is 55.6 Å². The molecule has 4 fully saturated rings. The third-order valence-corrected chi connectivity index (χ3v) is 13.8. The van der Waals surface area contributed by atoms with Gasteiger partial charge in [-0.05, 0) is 148 Å². The molecule has 2 saturated heterocycles. The number of alkyl halides is 13. The third kappa shape index (κ3) is 20.4. The SMILES string of the molecule is CC#N.FC(F)(F)Oc1ccc(OCC2CCCNC2)cc1.O=C(CBr)C1(c2ccc(OC(F)(F)F)cc2)CCC1.O=C(CN1CCCC(COc2ccc(OC(F)(F)F)cc2)C1)C1(c2ccc(OC(F)(F)F)cc2)CCC1. The van der Waals surface area contributed by atoms with Gasteiger partial charge in [-0.25, -0.2) is 0 Å². The van der Waals surface area contributed by atoms with Crippen LogP contribution >= 0.6 is 15.9 Å². The van der Waals surface area contributed by atoms with E-state index >= 15 is 0 Å². The Morgan fingerprint density at radius 1 is 0.564 bits per heavy atom. The lowest BCUT2D eigenvalue weighted by Crippen LogP contribution is -2.49. The molecular formula is C54H58BrF12N3O8. The first-order chi connectivity index (χ1) is 36.7. The Hall–Kier alpha value is -5.93. The highest BCUT2D eigenvalue weighted by Crippen LogP contribution is 2.47. The second-order valence-corrected chi connectivity index (χ2v) is 19.4. The van der Waals surface area contributed by atoms with Crippen molar-refractivity contribution in [2.75, 3.05) is 51.3 Å². The highest BCUT2D eigenvalue weighted by atomic mass is 79.9. The summed E-state index contributed by atoms with van der Waals surface area (Å²) in [5.74, 6) is 0.552. The number of hydrogen-bond donors (Lipinski definition) is 1. The summed E-state index contributed by atoms with van der Waals surface area (Å²) in [5.41, 5.74) is 0.242. The van der Waals surface area contributed by atoms with Crippen LogP contribution in [0.25, 0.3) is 0 Å². The molecule has 4 aromatic carbocycles. The second kappa shape index (κ2) is 28.3. The second-order valence-electron chi connectivity index (χ2n) is 18.8. The number of carbonyl (C=O) groups is 2. The first kappa shape index (κ1) is 62.9. The van der Waals surface area contributed by atoms with E-state index in [4.69, 9.17) is 14.7 Å². The Labute approximate surface area is 451 Å². The summed E-state index contributed by atoms with van der Waals surface area (Å²) in [5, 5.41) is 10.9. The Kier molecular flexibility index (Phi) is 22.8. The van der Waals surface area contributed by atoms with Gasteiger partial charge in [-0.15, -0.1) is 52.7 Å². The van der Waals surface area contributed by atoms with Gasteiger partial charge in [0, 0.05) is 31.8 Å². The topological polar surface area (TPSA) is 129 Å². The molecule has 4 aromatic rings. The number of nitrogens with zero attached hydrogens (tertiary/aromatic N) is 2. The first-order valence-corrected chi connectivity index (χ1v) is 25.9. The maximum atomic E-state index is 13.4. The molecular weight excluding hydrogens is 1130 g/mol. The predicted molar refractivity (Wildman–Crippen MR) is 264 cm³/mol. The summed E-state index contributed by atoms with van der Waals surface area (Å²) in [7, 11) is 0. The van der Waals surface area contributed by atoms with E-state index in [1.54, 1.807) is 18.2 Å². The van der Waals surface area contributed by atoms with Gasteiger partial charge < -0.3 is 33.7 Å². The lowest BCUT2D eigenvalue weighted by Gasteiger charge is -2.43. The molecule has 11 nitrogen and oxygen atoms in total. The minimum Gasteiger partial charge on any atom is -0.493 e. The van der Waals surface area contributed by atoms with E-state index in [1.807, 2.05) is 0 Å². The number of piperidine rings is 2. The van der Waals surface area contributed by atoms with Crippen LogP contribution in [0.3, 0.4) is 0 Å². The average Bonchev–Trinajstić information content (AvgIpc) is 3.33. The lowest BCUT2D eigenvalue weighted by atomic mass is 9.61. The fourth-order valence-electron chi connectivity index (χ4n) is 9.35. The number of likely N-dealkylation sites (tertiary alicyclic amines) is 1. The van der Waals surface area contributed by atoms with Crippen molar-refractivity contribution in [3.05, 3.63) is 108 Å². The molecule has 2 aliphatic carbocycles. The number of Topliss-reactive ketones (excluding diaryl/α,β-unsaturated/α-hetero) is 2. The molecule has 0 radical (unpaired) electrons. The summed E-state index contributed by atoms with van der Waals surface area (Å²) in [4.78, 5) is 27.4. The largest absolute Gasteiger partial charge is 0.573 e. The van der Waals surface area contributed by atoms with Crippen LogP contribution in [-0.2, 0) is 20.4 Å². The van der Waals surface area contributed by atoms with E-state index in [0.717, 1.165) is 76.6 Å². The number of hydrogen-bond acceptors (Lipinski definition) is 11. The lowest BCUT2D eigenvalue weighted by molar-refractivity contribution is -0.275. The van der Waals surface area contributed by atoms with Gasteiger partial charge in [-0.1, -0.05) is 53.0 Å². The van der Waals surface area contributed by atoms with Crippen molar-refractivity contribution in [3.8, 4) is 40.6 Å². The number of carbonyl (C=O) groups excluding carboxylic acids is 2. The van der Waals surface area contributed by atoms with E-state index in [9.17, 15) is 62.3 Å². The van der Waals surface area contributed by atoms with E-state index in [1.165, 1.54) is 91.9 Å². The number of halogens is 13. The Balaban J connectivity index is 0.000000230. The maximum Gasteiger partial charge on any atom is 0.573 e. The Morgan fingerprint density at radius 2 is 0.910 bits per heavy atom. The van der Waals surface area contributed by atoms with Crippen molar-refractivity contribution in [2.24, 2.45) is 11.8 Å². The number of ether oxygens (including phenoxy) is 6. The molecule has 0 spiro atoms. The smallest absolute Gasteiger partial charge is 0.493 e. The van der Waals surface area contributed by atoms with Crippen molar-refractivity contribution in [1.29, 1.82) is 5.26 Å². The van der Waals surface area contributed by atoms with Crippen molar-refractivity contribution in [3.63, 3.8) is 0 Å². The molecule has 0 amide bonds. The third-order valence-electron chi connectivity index (χ3n) is 13.3. The molecule has 24 heteroatoms. The van der Waals surface area contributed by atoms with Gasteiger partial charge in [0.1, 0.15) is 34.5 Å². The van der Waals surface area contributed by atoms with Crippen LogP contribution in [0.1, 0.15) is 82.3 Å². The zero-order valence-electron chi connectivity index (χ0n) is 42.2. The van der Waals surface area contributed by atoms with Gasteiger partial charge in [0.2, 0.25) is 0 Å². The van der Waals surface area contributed by atoms with Crippen LogP contribution in [0.4, 0.5) is 52.7 Å². The standard InChI is InChI=1S/C26H27F6NO4.C13H12BrF3O2.C13H16F3NO2.C2H3N/c27-25(28,29)36-21-6-4-19(5-7-21)24(12-2-13-24)23(34)16-33-14-1-3-18(15-33)17-35-20-8-10-22(11-9-20)37-26(30,31)32;14-8-11(18)12(6-1-7-12)9-2-4-10(5-3-9)19-13(15,16)17;14-13(15,16)19-12-5-3-11(4-6-12)18-9-10-2-1-7-17-8-10;1-2-3/h4-11,18H,1-3,12-17H2;2-5H,1,6-8H2;3-6,10,17H,1-2,7-9H2;1H3. The van der Waals surface area contributed by atoms with E-state index in [2.05, 4.69) is 45.1 Å². The summed E-state index contributed by atoms with van der Waals surface area (Å²) in [6, 6.07) is 23.6. The van der Waals surface area contributed by atoms with Gasteiger partial charge in [0.15, 0.2) is 11.6 Å². The summed E-state index contributed by atoms with van der Waals surface area (Å²) >= 11 is 3.15. The van der Waals surface area contributed by atoms with Gasteiger partial charge >= 0.3 is 25.4 Å². The number of nitrogens with one attached hydrogen (secondary N) is 1. The van der Waals surface area contributed by atoms with Crippen LogP contribution in [0, 0.1) is 23.2 Å². The molecule has 2 heterocycles. The fourth-order valence-corrected chi connectivity index (χ4v) is 9.89. The first-order valence-electron chi connectivity index (χ1n) is 24.8. The zero-order chi connectivity index (χ0) is 57.2. The zero-order valence-corrected chi connectivity index (χ0v) is 43.8. The molecule has 2 saturated carbocycles. The minimum atomic E-state index is -4.77. The molecule has 428 valence electrons. The number of ketones is 2. The highest BCUT2D eigenvalue weighted by Gasteiger charge is 2.47. The quantitative estimate of drug-likeness (QED) is 0.0801. The summed E-state index contributed by atoms with van der Waals surface area (Å²) < 4.78 is 173. The van der Waals surface area contributed by atoms with Crippen molar-refractivity contribution in [2.45, 2.75) is 107 Å². The fraction of sp³-hybridized carbons (Fsp3) is 0.500. The molecule has 0 aromatic heterocycles. The monoisotopic (exact) mass is 1180 g/mol. The summed E-state index contributed by atoms with van der Waals surface area (Å²) in [6.07, 6.45) is -10.2. The van der Waals surface area contributed by atoms with Gasteiger partial charge in [-0.2, -0.15) is 5.26 Å². The molecule has 2 atom stereocenters. The molecule has 4 aliphatic rings. The van der Waals surface area contributed by atoms with Gasteiger partial charge in [0.25, 0.3) is 0 Å². The van der Waals surface area contributed by atoms with Crippen LogP contribution in [-0.4, -0.2) is 93.2 Å². The minimum absolute atomic E-state index is 0.0464. The van der Waals surface area contributed by atoms with Gasteiger partial charge in [-0.3, -0.25) is 14.5 Å². The average molecular weight is 1180 g/mol.